The Hall–Kier alpha value is -1.39. The summed E-state index contributed by atoms with van der Waals surface area (Å²) < 4.78 is 5.39. The van der Waals surface area contributed by atoms with E-state index >= 15 is 0 Å². The van der Waals surface area contributed by atoms with Crippen LogP contribution in [0.15, 0.2) is 30.3 Å². The number of hydrogen-bond acceptors (Lipinski definition) is 3. The van der Waals surface area contributed by atoms with Gasteiger partial charge in [0.2, 0.25) is 5.91 Å². The highest BCUT2D eigenvalue weighted by Crippen LogP contribution is 2.42. The first kappa shape index (κ1) is 15.0. The van der Waals surface area contributed by atoms with Gasteiger partial charge >= 0.3 is 0 Å². The molecule has 0 spiro atoms. The molecule has 1 aromatic rings. The van der Waals surface area contributed by atoms with Crippen molar-refractivity contribution in [2.24, 2.45) is 11.1 Å². The molecule has 1 aliphatic carbocycles. The molecule has 1 fully saturated rings. The summed E-state index contributed by atoms with van der Waals surface area (Å²) in [4.78, 5) is 12.1. The van der Waals surface area contributed by atoms with E-state index in [0.717, 1.165) is 12.0 Å². The molecule has 0 heterocycles. The monoisotopic (exact) mass is 276 g/mol. The zero-order valence-corrected chi connectivity index (χ0v) is 12.4. The third kappa shape index (κ3) is 3.02. The summed E-state index contributed by atoms with van der Waals surface area (Å²) in [5.74, 6) is 0.00832. The lowest BCUT2D eigenvalue weighted by Gasteiger charge is -2.51. The van der Waals surface area contributed by atoms with E-state index in [0.29, 0.717) is 6.42 Å². The van der Waals surface area contributed by atoms with Gasteiger partial charge in [-0.15, -0.1) is 0 Å². The molecule has 20 heavy (non-hydrogen) atoms. The van der Waals surface area contributed by atoms with Crippen LogP contribution < -0.4 is 11.1 Å². The number of nitrogens with one attached hydrogen (secondary N) is 1. The van der Waals surface area contributed by atoms with Crippen molar-refractivity contribution in [1.29, 1.82) is 0 Å². The molecule has 3 unspecified atom stereocenters. The van der Waals surface area contributed by atoms with Crippen LogP contribution in [0.3, 0.4) is 0 Å². The van der Waals surface area contributed by atoms with Gasteiger partial charge in [0.1, 0.15) is 0 Å². The van der Waals surface area contributed by atoms with Crippen LogP contribution in [0.1, 0.15) is 38.3 Å². The Bertz CT molecular complexity index is 459. The quantitative estimate of drug-likeness (QED) is 0.864. The van der Waals surface area contributed by atoms with Crippen LogP contribution >= 0.6 is 0 Å². The minimum Gasteiger partial charge on any atom is -0.381 e. The van der Waals surface area contributed by atoms with Crippen LogP contribution in [0.2, 0.25) is 0 Å². The number of carbonyl (C=O) groups excluding carboxylic acids is 1. The zero-order valence-electron chi connectivity index (χ0n) is 12.4. The number of methoxy groups -OCH3 is 1. The molecule has 0 aliphatic heterocycles. The van der Waals surface area contributed by atoms with Gasteiger partial charge in [-0.05, 0) is 12.0 Å². The second-order valence-electron chi connectivity index (χ2n) is 6.12. The van der Waals surface area contributed by atoms with Crippen molar-refractivity contribution in [3.05, 3.63) is 35.9 Å². The first-order valence-electron chi connectivity index (χ1n) is 7.08. The maximum Gasteiger partial charge on any atom is 0.222 e. The zero-order chi connectivity index (χ0) is 14.8. The average Bonchev–Trinajstić information content (AvgIpc) is 2.43. The Balaban J connectivity index is 1.85. The van der Waals surface area contributed by atoms with Crippen molar-refractivity contribution in [2.45, 2.75) is 44.9 Å². The van der Waals surface area contributed by atoms with Crippen LogP contribution in [0.5, 0.6) is 0 Å². The van der Waals surface area contributed by atoms with Crippen molar-refractivity contribution >= 4 is 5.91 Å². The molecule has 3 N–H and O–H groups in total. The van der Waals surface area contributed by atoms with Crippen LogP contribution in [0, 0.1) is 5.41 Å². The highest BCUT2D eigenvalue weighted by Gasteiger charge is 2.49. The molecule has 2 rings (SSSR count). The largest absolute Gasteiger partial charge is 0.381 e. The van der Waals surface area contributed by atoms with E-state index in [2.05, 4.69) is 19.2 Å². The van der Waals surface area contributed by atoms with E-state index in [1.165, 1.54) is 0 Å². The van der Waals surface area contributed by atoms with Crippen LogP contribution in [0.25, 0.3) is 0 Å². The summed E-state index contributed by atoms with van der Waals surface area (Å²) in [5.41, 5.74) is 7.05. The minimum atomic E-state index is -0.252. The highest BCUT2D eigenvalue weighted by atomic mass is 16.5. The number of nitrogens with two attached hydrogens (primary N) is 1. The Labute approximate surface area is 120 Å². The van der Waals surface area contributed by atoms with E-state index in [1.54, 1.807) is 7.11 Å². The Morgan fingerprint density at radius 3 is 2.65 bits per heavy atom. The van der Waals surface area contributed by atoms with E-state index in [1.807, 2.05) is 30.3 Å². The van der Waals surface area contributed by atoms with E-state index in [4.69, 9.17) is 10.5 Å². The number of benzene rings is 1. The standard InChI is InChI=1S/C16H24N2O2/c1-16(2)13(10-14(16)20-3)18-15(19)9-12(17)11-7-5-4-6-8-11/h4-8,12-14H,9-10,17H2,1-3H3,(H,18,19). The Kier molecular flexibility index (Phi) is 4.45. The molecule has 4 heteroatoms. The molecule has 0 saturated heterocycles. The van der Waals surface area contributed by atoms with Gasteiger partial charge in [-0.1, -0.05) is 44.2 Å². The number of carbonyl (C=O) groups is 1. The summed E-state index contributed by atoms with van der Waals surface area (Å²) in [7, 11) is 1.72. The molecule has 110 valence electrons. The maximum absolute atomic E-state index is 12.1. The fraction of sp³-hybridized carbons (Fsp3) is 0.562. The summed E-state index contributed by atoms with van der Waals surface area (Å²) in [5, 5.41) is 3.07. The third-order valence-corrected chi connectivity index (χ3v) is 4.43. The second-order valence-corrected chi connectivity index (χ2v) is 6.12. The molecule has 0 bridgehead atoms. The van der Waals surface area contributed by atoms with E-state index in [9.17, 15) is 4.79 Å². The van der Waals surface area contributed by atoms with Crippen molar-refractivity contribution < 1.29 is 9.53 Å². The molecule has 3 atom stereocenters. The van der Waals surface area contributed by atoms with Gasteiger partial charge in [-0.2, -0.15) is 0 Å². The topological polar surface area (TPSA) is 64.3 Å². The Morgan fingerprint density at radius 2 is 2.10 bits per heavy atom. The molecule has 4 nitrogen and oxygen atoms in total. The summed E-state index contributed by atoms with van der Waals surface area (Å²) in [6.07, 6.45) is 1.40. The first-order valence-corrected chi connectivity index (χ1v) is 7.08. The molecular formula is C16H24N2O2. The lowest BCUT2D eigenvalue weighted by molar-refractivity contribution is -0.133. The van der Waals surface area contributed by atoms with Crippen LogP contribution in [-0.2, 0) is 9.53 Å². The molecular weight excluding hydrogens is 252 g/mol. The molecule has 0 radical (unpaired) electrons. The molecule has 1 amide bonds. The average molecular weight is 276 g/mol. The summed E-state index contributed by atoms with van der Waals surface area (Å²) in [6.45, 7) is 4.24. The number of ether oxygens (including phenoxy) is 1. The van der Waals surface area contributed by atoms with Crippen molar-refractivity contribution in [2.75, 3.05) is 7.11 Å². The fourth-order valence-corrected chi connectivity index (χ4v) is 2.80. The number of amides is 1. The second kappa shape index (κ2) is 5.94. The molecule has 1 saturated carbocycles. The predicted molar refractivity (Wildman–Crippen MR) is 79.1 cm³/mol. The maximum atomic E-state index is 12.1. The molecule has 0 aromatic heterocycles. The number of rotatable bonds is 5. The summed E-state index contributed by atoms with van der Waals surface area (Å²) in [6, 6.07) is 9.63. The van der Waals surface area contributed by atoms with Gasteiger partial charge in [0.05, 0.1) is 6.10 Å². The minimum absolute atomic E-state index is 0.00832. The molecule has 1 aliphatic rings. The van der Waals surface area contributed by atoms with Gasteiger partial charge in [0.25, 0.3) is 0 Å². The van der Waals surface area contributed by atoms with Gasteiger partial charge in [0, 0.05) is 31.0 Å². The SMILES string of the molecule is COC1CC(NC(=O)CC(N)c2ccccc2)C1(C)C. The van der Waals surface area contributed by atoms with Crippen molar-refractivity contribution in [3.63, 3.8) is 0 Å². The highest BCUT2D eigenvalue weighted by molar-refractivity contribution is 5.77. The summed E-state index contributed by atoms with van der Waals surface area (Å²) >= 11 is 0. The van der Waals surface area contributed by atoms with Gasteiger partial charge in [-0.3, -0.25) is 4.79 Å². The lowest BCUT2D eigenvalue weighted by atomic mass is 9.64. The van der Waals surface area contributed by atoms with Gasteiger partial charge in [-0.25, -0.2) is 0 Å². The van der Waals surface area contributed by atoms with Crippen molar-refractivity contribution in [1.82, 2.24) is 5.32 Å². The Morgan fingerprint density at radius 1 is 1.45 bits per heavy atom. The van der Waals surface area contributed by atoms with E-state index < -0.39 is 0 Å². The predicted octanol–water partition coefficient (Wildman–Crippen LogP) is 2.01. The molecule has 1 aromatic carbocycles. The third-order valence-electron chi connectivity index (χ3n) is 4.43. The lowest BCUT2D eigenvalue weighted by Crippen LogP contribution is -2.61. The van der Waals surface area contributed by atoms with Crippen molar-refractivity contribution in [3.8, 4) is 0 Å². The van der Waals surface area contributed by atoms with E-state index in [-0.39, 0.29) is 29.5 Å². The van der Waals surface area contributed by atoms with Crippen LogP contribution in [-0.4, -0.2) is 25.2 Å². The van der Waals surface area contributed by atoms with Gasteiger partial charge < -0.3 is 15.8 Å². The van der Waals surface area contributed by atoms with Gasteiger partial charge in [0.15, 0.2) is 0 Å². The normalized spacial score (nSPS) is 25.6. The fourth-order valence-electron chi connectivity index (χ4n) is 2.80. The van der Waals surface area contributed by atoms with Crippen LogP contribution in [0.4, 0.5) is 0 Å². The number of hydrogen-bond donors (Lipinski definition) is 2. The smallest absolute Gasteiger partial charge is 0.222 e. The first-order chi connectivity index (χ1) is 9.45.